The minimum atomic E-state index is -4.83. The number of aliphatic hydroxyl groups excluding tert-OH is 2. The smallest absolute Gasteiger partial charge is 0.387 e. The molecular weight excluding hydrogens is 531 g/mol. The van der Waals surface area contributed by atoms with E-state index in [4.69, 9.17) is 35.5 Å². The monoisotopic (exact) mass is 556 g/mol. The molecule has 3 aromatic rings. The Balaban J connectivity index is 1.30. The zero-order valence-corrected chi connectivity index (χ0v) is 20.4. The minimum Gasteiger partial charge on any atom is -0.387 e. The van der Waals surface area contributed by atoms with E-state index in [1.165, 1.54) is 29.5 Å². The largest absolute Gasteiger partial charge is 0.469 e. The normalized spacial score (nSPS) is 29.8. The molecule has 206 valence electrons. The van der Waals surface area contributed by atoms with Gasteiger partial charge >= 0.3 is 13.5 Å². The van der Waals surface area contributed by atoms with Crippen LogP contribution in [-0.2, 0) is 23.3 Å². The summed E-state index contributed by atoms with van der Waals surface area (Å²) in [6.45, 7) is -0.801. The van der Waals surface area contributed by atoms with Crippen molar-refractivity contribution in [1.82, 2.24) is 29.1 Å². The SMILES string of the molecule is Nc1ccn([C@H]2C[C@H](OC[C@H]3O[C@@H](n4cnc5c(N)ncnc54)[C@H](O)[C@@H]3O)[C@@H](COP(=O)(O)O)O2)c(=O)n1. The molecule has 0 unspecified atom stereocenters. The standard InChI is InChI=1S/C19H25N8O10P/c20-11-1-2-26(19(30)25-11)12-3-8(9(36-12)5-35-38(31,32)33)34-4-10-14(28)15(29)18(37-10)27-7-24-13-16(21)22-6-23-17(13)27/h1-2,6-10,12,14-15,18,28-29H,3-5H2,(H2,20,25,30)(H2,21,22,23)(H2,31,32,33)/t8-,9+,10+,12+,14+,15+,18+/m0/s1. The number of hydrogen-bond acceptors (Lipinski definition) is 14. The molecule has 8 N–H and O–H groups in total. The minimum absolute atomic E-state index is 0.0127. The van der Waals surface area contributed by atoms with E-state index in [0.29, 0.717) is 11.2 Å². The van der Waals surface area contributed by atoms with Gasteiger partial charge in [0.2, 0.25) is 0 Å². The second-order valence-electron chi connectivity index (χ2n) is 8.69. The molecule has 0 bridgehead atoms. The average molecular weight is 556 g/mol. The Labute approximate surface area is 213 Å². The number of ether oxygens (including phenoxy) is 3. The van der Waals surface area contributed by atoms with Crippen LogP contribution in [0.1, 0.15) is 18.9 Å². The lowest BCUT2D eigenvalue weighted by Crippen LogP contribution is -2.37. The number of phosphoric ester groups is 1. The number of imidazole rings is 1. The van der Waals surface area contributed by atoms with Gasteiger partial charge in [-0.05, 0) is 6.07 Å². The van der Waals surface area contributed by atoms with Crippen molar-refractivity contribution < 1.29 is 43.3 Å². The van der Waals surface area contributed by atoms with Crippen molar-refractivity contribution >= 4 is 30.6 Å². The fourth-order valence-corrected chi connectivity index (χ4v) is 4.72. The van der Waals surface area contributed by atoms with Crippen LogP contribution in [0.3, 0.4) is 0 Å². The molecule has 3 aromatic heterocycles. The maximum Gasteiger partial charge on any atom is 0.469 e. The summed E-state index contributed by atoms with van der Waals surface area (Å²) in [5.41, 5.74) is 11.2. The fraction of sp³-hybridized carbons (Fsp3) is 0.526. The second kappa shape index (κ2) is 10.3. The third-order valence-electron chi connectivity index (χ3n) is 6.22. The molecule has 0 aromatic carbocycles. The van der Waals surface area contributed by atoms with Gasteiger partial charge in [-0.25, -0.2) is 24.3 Å². The predicted octanol–water partition coefficient (Wildman–Crippen LogP) is -2.35. The average Bonchev–Trinajstić information content (AvgIpc) is 3.53. The maximum absolute atomic E-state index is 12.3. The van der Waals surface area contributed by atoms with E-state index in [0.717, 1.165) is 4.57 Å². The van der Waals surface area contributed by atoms with Crippen molar-refractivity contribution in [3.63, 3.8) is 0 Å². The van der Waals surface area contributed by atoms with Crippen molar-refractivity contribution in [2.24, 2.45) is 0 Å². The maximum atomic E-state index is 12.3. The summed E-state index contributed by atoms with van der Waals surface area (Å²) in [6, 6.07) is 1.39. The summed E-state index contributed by atoms with van der Waals surface area (Å²) in [5.74, 6) is 0.148. The Kier molecular flexibility index (Phi) is 7.16. The first kappa shape index (κ1) is 26.5. The highest BCUT2D eigenvalue weighted by molar-refractivity contribution is 7.46. The molecule has 2 aliphatic rings. The quantitative estimate of drug-likeness (QED) is 0.159. The molecule has 19 heteroatoms. The Morgan fingerprint density at radius 3 is 2.61 bits per heavy atom. The number of rotatable bonds is 8. The summed E-state index contributed by atoms with van der Waals surface area (Å²) in [5, 5.41) is 21.3. The first-order valence-corrected chi connectivity index (χ1v) is 12.8. The molecule has 0 amide bonds. The number of anilines is 2. The molecule has 18 nitrogen and oxygen atoms in total. The first-order valence-electron chi connectivity index (χ1n) is 11.3. The van der Waals surface area contributed by atoms with E-state index in [1.807, 2.05) is 0 Å². The van der Waals surface area contributed by atoms with Crippen LogP contribution in [0.4, 0.5) is 11.6 Å². The highest BCUT2D eigenvalue weighted by atomic mass is 31.2. The Morgan fingerprint density at radius 2 is 1.87 bits per heavy atom. The van der Waals surface area contributed by atoms with Gasteiger partial charge in [-0.15, -0.1) is 0 Å². The van der Waals surface area contributed by atoms with E-state index in [2.05, 4.69) is 24.5 Å². The van der Waals surface area contributed by atoms with Gasteiger partial charge in [-0.2, -0.15) is 4.98 Å². The Bertz CT molecular complexity index is 1410. The number of fused-ring (bicyclic) bond motifs is 1. The lowest BCUT2D eigenvalue weighted by atomic mass is 10.1. The van der Waals surface area contributed by atoms with Crippen molar-refractivity contribution in [1.29, 1.82) is 0 Å². The third-order valence-corrected chi connectivity index (χ3v) is 6.71. The van der Waals surface area contributed by atoms with Crippen LogP contribution in [0.15, 0.2) is 29.7 Å². The topological polar surface area (TPSA) is 265 Å². The molecule has 2 aliphatic heterocycles. The van der Waals surface area contributed by atoms with Crippen molar-refractivity contribution in [2.45, 2.75) is 49.4 Å². The number of phosphoric acid groups is 1. The molecular formula is C19H25N8O10P. The predicted molar refractivity (Wildman–Crippen MR) is 125 cm³/mol. The van der Waals surface area contributed by atoms with Gasteiger partial charge in [0.25, 0.3) is 0 Å². The van der Waals surface area contributed by atoms with Gasteiger partial charge in [0.1, 0.15) is 48.3 Å². The number of aliphatic hydroxyl groups is 2. The molecule has 2 saturated heterocycles. The second-order valence-corrected chi connectivity index (χ2v) is 9.93. The summed E-state index contributed by atoms with van der Waals surface area (Å²) in [6.07, 6.45) is -3.57. The van der Waals surface area contributed by atoms with Gasteiger partial charge in [0, 0.05) is 12.6 Å². The summed E-state index contributed by atoms with van der Waals surface area (Å²) < 4.78 is 35.9. The van der Waals surface area contributed by atoms with Gasteiger partial charge in [0.05, 0.1) is 25.6 Å². The zero-order chi connectivity index (χ0) is 27.2. The molecule has 0 spiro atoms. The molecule has 0 aliphatic carbocycles. The van der Waals surface area contributed by atoms with Crippen molar-refractivity contribution in [3.8, 4) is 0 Å². The van der Waals surface area contributed by atoms with Crippen molar-refractivity contribution in [3.05, 3.63) is 35.4 Å². The Morgan fingerprint density at radius 1 is 1.08 bits per heavy atom. The summed E-state index contributed by atoms with van der Waals surface area (Å²) in [4.78, 5) is 46.2. The van der Waals surface area contributed by atoms with E-state index in [9.17, 15) is 19.6 Å². The number of hydrogen-bond donors (Lipinski definition) is 6. The van der Waals surface area contributed by atoms with Crippen molar-refractivity contribution in [2.75, 3.05) is 24.7 Å². The summed E-state index contributed by atoms with van der Waals surface area (Å²) in [7, 11) is -4.83. The van der Waals surface area contributed by atoms with Crippen LogP contribution in [0.25, 0.3) is 11.2 Å². The molecule has 5 rings (SSSR count). The highest BCUT2D eigenvalue weighted by Gasteiger charge is 2.46. The molecule has 0 saturated carbocycles. The van der Waals surface area contributed by atoms with E-state index in [1.54, 1.807) is 0 Å². The molecule has 2 fully saturated rings. The summed E-state index contributed by atoms with van der Waals surface area (Å²) >= 11 is 0. The third kappa shape index (κ3) is 5.26. The van der Waals surface area contributed by atoms with Gasteiger partial charge in [-0.1, -0.05) is 0 Å². The highest BCUT2D eigenvalue weighted by Crippen LogP contribution is 2.39. The van der Waals surface area contributed by atoms with Gasteiger partial charge < -0.3 is 45.7 Å². The van der Waals surface area contributed by atoms with Crippen LogP contribution in [-0.4, -0.2) is 92.8 Å². The number of aromatic nitrogens is 6. The fourth-order valence-electron chi connectivity index (χ4n) is 4.38. The molecule has 7 atom stereocenters. The lowest BCUT2D eigenvalue weighted by molar-refractivity contribution is -0.101. The van der Waals surface area contributed by atoms with Gasteiger partial charge in [0.15, 0.2) is 17.7 Å². The van der Waals surface area contributed by atoms with Crippen LogP contribution in [0.2, 0.25) is 0 Å². The molecule has 0 radical (unpaired) electrons. The number of nitrogens with zero attached hydrogens (tertiary/aromatic N) is 6. The zero-order valence-electron chi connectivity index (χ0n) is 19.5. The van der Waals surface area contributed by atoms with E-state index in [-0.39, 0.29) is 24.7 Å². The molecule has 38 heavy (non-hydrogen) atoms. The number of nitrogens with two attached hydrogens (primary N) is 2. The number of nitrogen functional groups attached to an aromatic ring is 2. The molecule has 5 heterocycles. The van der Waals surface area contributed by atoms with E-state index < -0.39 is 63.1 Å². The van der Waals surface area contributed by atoms with Crippen LogP contribution < -0.4 is 17.2 Å². The first-order chi connectivity index (χ1) is 18.0. The van der Waals surface area contributed by atoms with Crippen LogP contribution in [0.5, 0.6) is 0 Å². The van der Waals surface area contributed by atoms with Gasteiger partial charge in [-0.3, -0.25) is 13.7 Å². The van der Waals surface area contributed by atoms with Crippen LogP contribution >= 0.6 is 7.82 Å². The Hall–Kier alpha value is -3.06. The van der Waals surface area contributed by atoms with Crippen LogP contribution in [0, 0.1) is 0 Å². The lowest BCUT2D eigenvalue weighted by Gasteiger charge is -2.22. The van der Waals surface area contributed by atoms with E-state index >= 15 is 0 Å².